The number of nitrogens with one attached hydrogen (secondary N) is 1. The number of ether oxygens (including phenoxy) is 1. The highest BCUT2D eigenvalue weighted by atomic mass is 35.5. The average molecular weight is 180 g/mol. The summed E-state index contributed by atoms with van der Waals surface area (Å²) in [4.78, 5) is 0. The lowest BCUT2D eigenvalue weighted by Crippen LogP contribution is -2.07. The summed E-state index contributed by atoms with van der Waals surface area (Å²) in [5, 5.41) is 7.30. The van der Waals surface area contributed by atoms with Gasteiger partial charge in [0, 0.05) is 6.42 Å². The van der Waals surface area contributed by atoms with E-state index in [1.54, 1.807) is 0 Å². The first-order chi connectivity index (χ1) is 4.70. The Morgan fingerprint density at radius 3 is 2.36 bits per heavy atom. The lowest BCUT2D eigenvalue weighted by Gasteiger charge is -2.08. The van der Waals surface area contributed by atoms with E-state index in [1.165, 1.54) is 0 Å². The summed E-state index contributed by atoms with van der Waals surface area (Å²) in [6.07, 6.45) is 1.90. The predicted octanol–water partition coefficient (Wildman–Crippen LogP) is 2.86. The normalized spacial score (nSPS) is 11.5. The maximum atomic E-state index is 7.30. The van der Waals surface area contributed by atoms with Gasteiger partial charge in [0.2, 0.25) is 0 Å². The van der Waals surface area contributed by atoms with E-state index in [1.807, 2.05) is 6.92 Å². The van der Waals surface area contributed by atoms with Gasteiger partial charge in [-0.25, -0.2) is 0 Å². The third kappa shape index (κ3) is 7.66. The van der Waals surface area contributed by atoms with Crippen molar-refractivity contribution in [3.05, 3.63) is 0 Å². The van der Waals surface area contributed by atoms with Gasteiger partial charge < -0.3 is 4.74 Å². The fraction of sp³-hybridized carbons (Fsp3) is 0.875. The molecule has 0 saturated heterocycles. The van der Waals surface area contributed by atoms with E-state index in [0.717, 1.165) is 12.8 Å². The van der Waals surface area contributed by atoms with Crippen molar-refractivity contribution >= 4 is 18.3 Å². The molecule has 0 saturated carbocycles. The van der Waals surface area contributed by atoms with Gasteiger partial charge in [-0.2, -0.15) is 0 Å². The van der Waals surface area contributed by atoms with Crippen molar-refractivity contribution < 1.29 is 4.74 Å². The van der Waals surface area contributed by atoms with Crippen LogP contribution < -0.4 is 0 Å². The second-order valence-electron chi connectivity index (χ2n) is 2.57. The number of rotatable bonds is 4. The Hall–Kier alpha value is -0.240. The van der Waals surface area contributed by atoms with Crippen LogP contribution in [0.4, 0.5) is 0 Å². The van der Waals surface area contributed by atoms with Crippen LogP contribution >= 0.6 is 12.4 Å². The van der Waals surface area contributed by atoms with Crippen molar-refractivity contribution in [3.63, 3.8) is 0 Å². The lowest BCUT2D eigenvalue weighted by atomic mass is 10.1. The molecular formula is C8H18ClNO. The lowest BCUT2D eigenvalue weighted by molar-refractivity contribution is 0.305. The predicted molar refractivity (Wildman–Crippen MR) is 50.7 cm³/mol. The van der Waals surface area contributed by atoms with Crippen LogP contribution in [0.25, 0.3) is 0 Å². The molecule has 68 valence electrons. The molecule has 0 aliphatic heterocycles. The molecule has 11 heavy (non-hydrogen) atoms. The van der Waals surface area contributed by atoms with Gasteiger partial charge >= 0.3 is 0 Å². The molecule has 0 bridgehead atoms. The van der Waals surface area contributed by atoms with Crippen LogP contribution in [0.5, 0.6) is 0 Å². The Morgan fingerprint density at radius 2 is 2.00 bits per heavy atom. The van der Waals surface area contributed by atoms with Crippen LogP contribution in [-0.4, -0.2) is 12.5 Å². The molecule has 1 unspecified atom stereocenters. The number of hydrogen-bond acceptors (Lipinski definition) is 2. The first-order valence-electron chi connectivity index (χ1n) is 3.90. The fourth-order valence-electron chi connectivity index (χ4n) is 0.694. The van der Waals surface area contributed by atoms with Crippen molar-refractivity contribution in [1.29, 1.82) is 5.41 Å². The second-order valence-corrected chi connectivity index (χ2v) is 2.57. The van der Waals surface area contributed by atoms with Crippen LogP contribution in [0.1, 0.15) is 33.6 Å². The molecule has 0 aromatic heterocycles. The van der Waals surface area contributed by atoms with E-state index in [4.69, 9.17) is 10.1 Å². The fourth-order valence-corrected chi connectivity index (χ4v) is 0.694. The number of halogens is 1. The zero-order valence-corrected chi connectivity index (χ0v) is 8.33. The SMILES string of the molecule is CCOC(=N)CC(C)CC.Cl. The summed E-state index contributed by atoms with van der Waals surface area (Å²) in [5.41, 5.74) is 0. The highest BCUT2D eigenvalue weighted by Gasteiger charge is 2.02. The quantitative estimate of drug-likeness (QED) is 0.523. The van der Waals surface area contributed by atoms with Crippen molar-refractivity contribution in [2.24, 2.45) is 5.92 Å². The smallest absolute Gasteiger partial charge is 0.180 e. The van der Waals surface area contributed by atoms with Gasteiger partial charge in [0.1, 0.15) is 0 Å². The maximum Gasteiger partial charge on any atom is 0.180 e. The molecule has 0 aromatic carbocycles. The molecule has 0 amide bonds. The monoisotopic (exact) mass is 179 g/mol. The van der Waals surface area contributed by atoms with Crippen LogP contribution in [0.15, 0.2) is 0 Å². The molecule has 0 radical (unpaired) electrons. The highest BCUT2D eigenvalue weighted by Crippen LogP contribution is 2.06. The van der Waals surface area contributed by atoms with E-state index < -0.39 is 0 Å². The molecule has 2 nitrogen and oxygen atoms in total. The van der Waals surface area contributed by atoms with Crippen molar-refractivity contribution in [2.75, 3.05) is 6.61 Å². The van der Waals surface area contributed by atoms with E-state index in [-0.39, 0.29) is 12.4 Å². The summed E-state index contributed by atoms with van der Waals surface area (Å²) >= 11 is 0. The Kier molecular flexibility index (Phi) is 9.55. The van der Waals surface area contributed by atoms with E-state index in [9.17, 15) is 0 Å². The molecule has 0 fully saturated rings. The Bertz CT molecular complexity index is 106. The van der Waals surface area contributed by atoms with Crippen LogP contribution in [0, 0.1) is 11.3 Å². The van der Waals surface area contributed by atoms with Gasteiger partial charge in [0.15, 0.2) is 5.90 Å². The Morgan fingerprint density at radius 1 is 1.45 bits per heavy atom. The molecule has 3 heteroatoms. The largest absolute Gasteiger partial charge is 0.481 e. The van der Waals surface area contributed by atoms with Crippen molar-refractivity contribution in [2.45, 2.75) is 33.6 Å². The van der Waals surface area contributed by atoms with Crippen LogP contribution in [0.2, 0.25) is 0 Å². The van der Waals surface area contributed by atoms with Gasteiger partial charge in [-0.1, -0.05) is 20.3 Å². The molecule has 0 aromatic rings. The number of hydrogen-bond donors (Lipinski definition) is 1. The highest BCUT2D eigenvalue weighted by molar-refractivity contribution is 5.85. The standard InChI is InChI=1S/C8H17NO.ClH/c1-4-7(3)6-8(9)10-5-2;/h7,9H,4-6H2,1-3H3;1H. The van der Waals surface area contributed by atoms with Gasteiger partial charge in [0.05, 0.1) is 6.61 Å². The summed E-state index contributed by atoms with van der Waals surface area (Å²) in [6, 6.07) is 0. The molecule has 0 rings (SSSR count). The average Bonchev–Trinajstić information content (AvgIpc) is 1.88. The van der Waals surface area contributed by atoms with Gasteiger partial charge in [-0.15, -0.1) is 12.4 Å². The second kappa shape index (κ2) is 7.86. The Labute approximate surface area is 75.2 Å². The summed E-state index contributed by atoms with van der Waals surface area (Å²) < 4.78 is 5.00. The maximum absolute atomic E-state index is 7.30. The molecule has 1 N–H and O–H groups in total. The van der Waals surface area contributed by atoms with Gasteiger partial charge in [0.25, 0.3) is 0 Å². The molecule has 0 aliphatic rings. The van der Waals surface area contributed by atoms with Crippen LogP contribution in [0.3, 0.4) is 0 Å². The molecule has 0 aliphatic carbocycles. The molecule has 1 atom stereocenters. The summed E-state index contributed by atoms with van der Waals surface area (Å²) in [5.74, 6) is 1.01. The minimum absolute atomic E-state index is 0. The van der Waals surface area contributed by atoms with E-state index in [2.05, 4.69) is 13.8 Å². The van der Waals surface area contributed by atoms with Crippen LogP contribution in [-0.2, 0) is 4.74 Å². The Balaban J connectivity index is 0. The molecule has 0 spiro atoms. The van der Waals surface area contributed by atoms with Crippen molar-refractivity contribution in [1.82, 2.24) is 0 Å². The summed E-state index contributed by atoms with van der Waals surface area (Å²) in [6.45, 7) is 6.79. The third-order valence-corrected chi connectivity index (χ3v) is 1.55. The topological polar surface area (TPSA) is 33.1 Å². The van der Waals surface area contributed by atoms with E-state index in [0.29, 0.717) is 18.4 Å². The van der Waals surface area contributed by atoms with Gasteiger partial charge in [-0.05, 0) is 12.8 Å². The van der Waals surface area contributed by atoms with E-state index >= 15 is 0 Å². The third-order valence-electron chi connectivity index (χ3n) is 1.55. The van der Waals surface area contributed by atoms with Gasteiger partial charge in [-0.3, -0.25) is 5.41 Å². The zero-order valence-electron chi connectivity index (χ0n) is 7.52. The first kappa shape index (κ1) is 13.4. The summed E-state index contributed by atoms with van der Waals surface area (Å²) in [7, 11) is 0. The van der Waals surface area contributed by atoms with Crippen molar-refractivity contribution in [3.8, 4) is 0 Å². The molecule has 0 heterocycles. The minimum atomic E-state index is 0. The first-order valence-corrected chi connectivity index (χ1v) is 3.90. The zero-order chi connectivity index (χ0) is 7.98. The molecular weight excluding hydrogens is 162 g/mol. The minimum Gasteiger partial charge on any atom is -0.481 e.